The Labute approximate surface area is 216 Å². The molecule has 36 heavy (non-hydrogen) atoms. The van der Waals surface area contributed by atoms with E-state index in [1.54, 1.807) is 0 Å². The molecule has 0 aliphatic carbocycles. The quantitative estimate of drug-likeness (QED) is 0.335. The third kappa shape index (κ3) is 4.74. The molecule has 188 valence electrons. The average Bonchev–Trinajstić information content (AvgIpc) is 3.07. The van der Waals surface area contributed by atoms with Gasteiger partial charge in [-0.3, -0.25) is 0 Å². The number of anilines is 2. The minimum absolute atomic E-state index is 0.334. The van der Waals surface area contributed by atoms with Gasteiger partial charge in [-0.1, -0.05) is 38.5 Å². The van der Waals surface area contributed by atoms with Gasteiger partial charge in [-0.15, -0.1) is 0 Å². The van der Waals surface area contributed by atoms with Gasteiger partial charge in [-0.2, -0.15) is 0 Å². The lowest BCUT2D eigenvalue weighted by Crippen LogP contribution is -2.28. The number of ether oxygens (including phenoxy) is 1. The van der Waals surface area contributed by atoms with E-state index in [4.69, 9.17) is 20.4 Å². The molecule has 5 rings (SSSR count). The van der Waals surface area contributed by atoms with Crippen molar-refractivity contribution in [3.63, 3.8) is 0 Å². The molecule has 7 nitrogen and oxygen atoms in total. The van der Waals surface area contributed by atoms with Crippen molar-refractivity contribution in [1.29, 1.82) is 0 Å². The third-order valence-electron chi connectivity index (χ3n) is 6.71. The van der Waals surface area contributed by atoms with Crippen molar-refractivity contribution in [3.05, 3.63) is 52.6 Å². The Morgan fingerprint density at radius 3 is 2.72 bits per heavy atom. The fourth-order valence-corrected chi connectivity index (χ4v) is 5.70. The first-order valence-electron chi connectivity index (χ1n) is 12.7. The highest BCUT2D eigenvalue weighted by Gasteiger charge is 2.24. The van der Waals surface area contributed by atoms with Crippen molar-refractivity contribution in [1.82, 2.24) is 19.9 Å². The highest BCUT2D eigenvalue weighted by Crippen LogP contribution is 2.37. The number of nitrogen functional groups attached to an aromatic ring is 1. The molecule has 1 aliphatic rings. The smallest absolute Gasteiger partial charge is 0.182 e. The summed E-state index contributed by atoms with van der Waals surface area (Å²) in [6.45, 7) is 13.0. The molecule has 0 fully saturated rings. The van der Waals surface area contributed by atoms with Crippen LogP contribution < -0.4 is 15.4 Å². The highest BCUT2D eigenvalue weighted by molar-refractivity contribution is 7.21. The number of nitrogens with zero attached hydrogens (tertiary/aromatic N) is 5. The van der Waals surface area contributed by atoms with Crippen molar-refractivity contribution in [2.75, 3.05) is 23.8 Å². The van der Waals surface area contributed by atoms with Crippen molar-refractivity contribution in [2.24, 2.45) is 0 Å². The van der Waals surface area contributed by atoms with Gasteiger partial charge in [0.2, 0.25) is 0 Å². The Kier molecular flexibility index (Phi) is 6.79. The molecule has 4 heterocycles. The summed E-state index contributed by atoms with van der Waals surface area (Å²) in [5.41, 5.74) is 13.4. The molecule has 0 radical (unpaired) electrons. The van der Waals surface area contributed by atoms with Gasteiger partial charge in [-0.05, 0) is 55.5 Å². The first-order chi connectivity index (χ1) is 17.3. The summed E-state index contributed by atoms with van der Waals surface area (Å²) in [5.74, 6) is 3.28. The molecule has 8 heteroatoms. The number of fused-ring (bicyclic) bond motifs is 2. The van der Waals surface area contributed by atoms with Crippen LogP contribution in [0.4, 0.5) is 10.9 Å². The maximum Gasteiger partial charge on any atom is 0.182 e. The van der Waals surface area contributed by atoms with E-state index in [1.165, 1.54) is 16.9 Å². The molecule has 0 saturated heterocycles. The Morgan fingerprint density at radius 1 is 1.11 bits per heavy atom. The average molecular weight is 503 g/mol. The monoisotopic (exact) mass is 502 g/mol. The van der Waals surface area contributed by atoms with Gasteiger partial charge in [0.05, 0.1) is 6.54 Å². The van der Waals surface area contributed by atoms with E-state index in [-0.39, 0.29) is 0 Å². The summed E-state index contributed by atoms with van der Waals surface area (Å²) >= 11 is 1.41. The second kappa shape index (κ2) is 10.0. The first kappa shape index (κ1) is 24.4. The summed E-state index contributed by atoms with van der Waals surface area (Å²) < 4.78 is 6.29. The molecule has 1 aromatic carbocycles. The Balaban J connectivity index is 1.55. The number of nitrogens with two attached hydrogens (primary N) is 1. The van der Waals surface area contributed by atoms with Crippen molar-refractivity contribution < 1.29 is 4.74 Å². The van der Waals surface area contributed by atoms with Crippen molar-refractivity contribution >= 4 is 32.6 Å². The number of hydrogen-bond donors (Lipinski definition) is 1. The Bertz CT molecular complexity index is 1410. The maximum absolute atomic E-state index is 6.29. The predicted molar refractivity (Wildman–Crippen MR) is 148 cm³/mol. The summed E-state index contributed by atoms with van der Waals surface area (Å²) in [4.78, 5) is 22.2. The van der Waals surface area contributed by atoms with Crippen LogP contribution in [-0.4, -0.2) is 33.1 Å². The Hall–Kier alpha value is -3.26. The number of thiazole rings is 1. The van der Waals surface area contributed by atoms with Gasteiger partial charge in [-0.25, -0.2) is 19.9 Å². The highest BCUT2D eigenvalue weighted by atomic mass is 32.1. The number of hydrogen-bond acceptors (Lipinski definition) is 8. The molecular weight excluding hydrogens is 468 g/mol. The minimum atomic E-state index is 0.334. The van der Waals surface area contributed by atoms with Gasteiger partial charge < -0.3 is 15.4 Å². The zero-order chi connectivity index (χ0) is 25.4. The number of rotatable bonds is 6. The lowest BCUT2D eigenvalue weighted by atomic mass is 9.99. The van der Waals surface area contributed by atoms with E-state index in [2.05, 4.69) is 67.7 Å². The van der Waals surface area contributed by atoms with E-state index >= 15 is 0 Å². The van der Waals surface area contributed by atoms with Crippen LogP contribution in [-0.2, 0) is 13.0 Å². The number of benzene rings is 1. The van der Waals surface area contributed by atoms with Crippen LogP contribution in [0.5, 0.6) is 5.75 Å². The van der Waals surface area contributed by atoms with E-state index in [9.17, 15) is 0 Å². The second-order valence-corrected chi connectivity index (χ2v) is 10.9. The minimum Gasteiger partial charge on any atom is -0.491 e. The van der Waals surface area contributed by atoms with Crippen LogP contribution in [0.25, 0.3) is 21.5 Å². The van der Waals surface area contributed by atoms with Gasteiger partial charge in [0.25, 0.3) is 0 Å². The number of aryl methyl sites for hydroxylation is 3. The zero-order valence-electron chi connectivity index (χ0n) is 21.8. The normalized spacial score (nSPS) is 13.7. The SMILES string of the molecule is CCCCc1nc(C)c(C(C)C)c(N2CCOc3c(C)cc(-c4cnc5sc(N)nc5c4)cc3C2)n1. The van der Waals surface area contributed by atoms with Gasteiger partial charge in [0.1, 0.15) is 34.3 Å². The van der Waals surface area contributed by atoms with Crippen LogP contribution in [0.1, 0.15) is 67.7 Å². The summed E-state index contributed by atoms with van der Waals surface area (Å²) in [5, 5.41) is 0.538. The second-order valence-electron chi connectivity index (χ2n) is 9.87. The van der Waals surface area contributed by atoms with Crippen LogP contribution in [0.2, 0.25) is 0 Å². The van der Waals surface area contributed by atoms with Gasteiger partial charge in [0.15, 0.2) is 5.13 Å². The lowest BCUT2D eigenvalue weighted by Gasteiger charge is -2.27. The molecule has 1 aliphatic heterocycles. The molecule has 0 saturated carbocycles. The summed E-state index contributed by atoms with van der Waals surface area (Å²) in [6.07, 6.45) is 5.03. The number of unbranched alkanes of at least 4 members (excludes halogenated alkanes) is 1. The number of aromatic nitrogens is 4. The molecule has 3 aromatic heterocycles. The van der Waals surface area contributed by atoms with Gasteiger partial charge >= 0.3 is 0 Å². The standard InChI is InChI=1S/C28H34N6OS/c1-6-7-8-23-31-18(5)24(16(2)3)26(33-23)34-9-10-35-25-17(4)11-19(12-21(25)15-34)20-13-22-27(30-14-20)36-28(29)32-22/h11-14,16H,6-10,15H2,1-5H3,(H2,29,32). The summed E-state index contributed by atoms with van der Waals surface area (Å²) in [6, 6.07) is 6.46. The van der Waals surface area contributed by atoms with Crippen LogP contribution in [0.15, 0.2) is 24.4 Å². The van der Waals surface area contributed by atoms with Crippen LogP contribution >= 0.6 is 11.3 Å². The molecular formula is C28H34N6OS. The predicted octanol–water partition coefficient (Wildman–Crippen LogP) is 6.21. The molecule has 0 atom stereocenters. The first-order valence-corrected chi connectivity index (χ1v) is 13.6. The third-order valence-corrected chi connectivity index (χ3v) is 7.52. The molecule has 4 aromatic rings. The van der Waals surface area contributed by atoms with Gasteiger partial charge in [0, 0.05) is 41.5 Å². The fourth-order valence-electron chi connectivity index (χ4n) is 5.05. The lowest BCUT2D eigenvalue weighted by molar-refractivity contribution is 0.329. The summed E-state index contributed by atoms with van der Waals surface area (Å²) in [7, 11) is 0. The van der Waals surface area contributed by atoms with Crippen LogP contribution in [0.3, 0.4) is 0 Å². The van der Waals surface area contributed by atoms with E-state index in [0.29, 0.717) is 17.7 Å². The maximum atomic E-state index is 6.29. The van der Waals surface area contributed by atoms with Crippen molar-refractivity contribution in [2.45, 2.75) is 66.3 Å². The van der Waals surface area contributed by atoms with E-state index in [0.717, 1.165) is 88.0 Å². The molecule has 2 N–H and O–H groups in total. The molecule has 0 unspecified atom stereocenters. The largest absolute Gasteiger partial charge is 0.491 e. The van der Waals surface area contributed by atoms with E-state index in [1.807, 2.05) is 6.20 Å². The Morgan fingerprint density at radius 2 is 1.94 bits per heavy atom. The molecule has 0 spiro atoms. The number of pyridine rings is 1. The zero-order valence-corrected chi connectivity index (χ0v) is 22.6. The fraction of sp³-hybridized carbons (Fsp3) is 0.429. The van der Waals surface area contributed by atoms with Crippen molar-refractivity contribution in [3.8, 4) is 16.9 Å². The van der Waals surface area contributed by atoms with E-state index < -0.39 is 0 Å². The topological polar surface area (TPSA) is 90.0 Å². The van der Waals surface area contributed by atoms with Crippen LogP contribution in [0, 0.1) is 13.8 Å². The molecule has 0 amide bonds. The molecule has 0 bridgehead atoms.